The molecule has 3 aromatic rings. The van der Waals surface area contributed by atoms with Crippen molar-refractivity contribution in [1.82, 2.24) is 0 Å². The lowest BCUT2D eigenvalue weighted by molar-refractivity contribution is 0.101. The van der Waals surface area contributed by atoms with Gasteiger partial charge in [0.05, 0.1) is 5.56 Å². The van der Waals surface area contributed by atoms with Gasteiger partial charge in [-0.3, -0.25) is 4.79 Å². The first-order valence-corrected chi connectivity index (χ1v) is 9.10. The van der Waals surface area contributed by atoms with Crippen LogP contribution in [-0.4, -0.2) is 5.78 Å². The molecule has 5 heteroatoms. The minimum absolute atomic E-state index is 0.199. The van der Waals surface area contributed by atoms with E-state index in [2.05, 4.69) is 0 Å². The molecule has 3 nitrogen and oxygen atoms in total. The number of rotatable bonds is 4. The van der Waals surface area contributed by atoms with E-state index in [0.717, 1.165) is 5.56 Å². The summed E-state index contributed by atoms with van der Waals surface area (Å²) in [6, 6.07) is 16.9. The van der Waals surface area contributed by atoms with Gasteiger partial charge in [0.2, 0.25) is 5.78 Å². The van der Waals surface area contributed by atoms with E-state index >= 15 is 0 Å². The van der Waals surface area contributed by atoms with Crippen LogP contribution in [0.3, 0.4) is 0 Å². The fraction of sp³-hybridized carbons (Fsp3) is 0.0870. The van der Waals surface area contributed by atoms with E-state index in [1.807, 2.05) is 25.1 Å². The fourth-order valence-corrected chi connectivity index (χ4v) is 3.24. The number of hydrogen-bond acceptors (Lipinski definition) is 3. The third-order valence-electron chi connectivity index (χ3n) is 4.51. The maximum atomic E-state index is 13.3. The highest BCUT2D eigenvalue weighted by Gasteiger charge is 2.30. The van der Waals surface area contributed by atoms with E-state index in [1.165, 1.54) is 12.1 Å². The third-order valence-corrected chi connectivity index (χ3v) is 4.86. The Kier molecular flexibility index (Phi) is 4.88. The zero-order chi connectivity index (χ0) is 19.7. The van der Waals surface area contributed by atoms with Gasteiger partial charge >= 0.3 is 0 Å². The molecule has 0 aliphatic carbocycles. The van der Waals surface area contributed by atoms with Crippen LogP contribution in [0.1, 0.15) is 27.0 Å². The van der Waals surface area contributed by atoms with Crippen molar-refractivity contribution in [1.29, 1.82) is 0 Å². The molecule has 0 fully saturated rings. The van der Waals surface area contributed by atoms with Crippen molar-refractivity contribution >= 4 is 23.5 Å². The molecule has 0 saturated carbocycles. The molecule has 0 radical (unpaired) electrons. The Bertz CT molecular complexity index is 1100. The van der Waals surface area contributed by atoms with Crippen LogP contribution in [0.2, 0.25) is 5.02 Å². The van der Waals surface area contributed by atoms with Crippen molar-refractivity contribution in [2.24, 2.45) is 0 Å². The Morgan fingerprint density at radius 3 is 2.71 bits per heavy atom. The van der Waals surface area contributed by atoms with Crippen molar-refractivity contribution < 1.29 is 18.7 Å². The number of hydrogen-bond donors (Lipinski definition) is 0. The molecule has 1 aliphatic heterocycles. The fourth-order valence-electron chi connectivity index (χ4n) is 3.05. The van der Waals surface area contributed by atoms with Gasteiger partial charge in [0.15, 0.2) is 5.76 Å². The second-order valence-electron chi connectivity index (χ2n) is 6.45. The summed E-state index contributed by atoms with van der Waals surface area (Å²) < 4.78 is 25.0. The molecular weight excluding hydrogens is 379 g/mol. The summed E-state index contributed by atoms with van der Waals surface area (Å²) in [5.41, 5.74) is 2.62. The number of carbonyl (C=O) groups excluding carboxylic acids is 1. The molecule has 0 amide bonds. The van der Waals surface area contributed by atoms with Gasteiger partial charge in [-0.2, -0.15) is 0 Å². The van der Waals surface area contributed by atoms with Gasteiger partial charge < -0.3 is 9.47 Å². The van der Waals surface area contributed by atoms with E-state index < -0.39 is 0 Å². The van der Waals surface area contributed by atoms with E-state index in [-0.39, 0.29) is 24.0 Å². The molecule has 28 heavy (non-hydrogen) atoms. The molecule has 4 rings (SSSR count). The number of allylic oxidation sites excluding steroid dienone is 1. The number of ketones is 1. The molecule has 0 unspecified atom stereocenters. The highest BCUT2D eigenvalue weighted by Crippen LogP contribution is 2.39. The first-order valence-electron chi connectivity index (χ1n) is 8.72. The minimum Gasteiger partial charge on any atom is -0.488 e. The number of benzene rings is 3. The Morgan fingerprint density at radius 1 is 1.11 bits per heavy atom. The average molecular weight is 395 g/mol. The molecule has 0 spiro atoms. The van der Waals surface area contributed by atoms with Gasteiger partial charge in [-0.05, 0) is 54.5 Å². The maximum Gasteiger partial charge on any atom is 0.231 e. The molecule has 0 N–H and O–H groups in total. The van der Waals surface area contributed by atoms with Crippen LogP contribution in [0.25, 0.3) is 6.08 Å². The Labute approximate surface area is 167 Å². The first-order chi connectivity index (χ1) is 13.5. The van der Waals surface area contributed by atoms with Gasteiger partial charge in [0, 0.05) is 10.6 Å². The van der Waals surface area contributed by atoms with Crippen LogP contribution in [0.15, 0.2) is 66.4 Å². The Hall–Kier alpha value is -3.11. The molecule has 1 aliphatic rings. The zero-order valence-electron chi connectivity index (χ0n) is 15.0. The number of Topliss-reactive ketones (excluding diaryl/α,β-unsaturated/α-hetero) is 1. The van der Waals surface area contributed by atoms with Crippen LogP contribution in [-0.2, 0) is 6.61 Å². The van der Waals surface area contributed by atoms with Crippen molar-refractivity contribution in [3.05, 3.63) is 99.5 Å². The summed E-state index contributed by atoms with van der Waals surface area (Å²) in [5.74, 6) is 0.757. The lowest BCUT2D eigenvalue weighted by atomic mass is 10.1. The second kappa shape index (κ2) is 7.49. The number of fused-ring (bicyclic) bond motifs is 1. The molecule has 0 aromatic heterocycles. The van der Waals surface area contributed by atoms with Crippen LogP contribution in [0.4, 0.5) is 4.39 Å². The molecule has 0 bridgehead atoms. The summed E-state index contributed by atoms with van der Waals surface area (Å²) >= 11 is 6.17. The molecule has 140 valence electrons. The lowest BCUT2D eigenvalue weighted by Gasteiger charge is -2.11. The van der Waals surface area contributed by atoms with Gasteiger partial charge in [0.1, 0.15) is 23.9 Å². The maximum absolute atomic E-state index is 13.3. The average Bonchev–Trinajstić information content (AvgIpc) is 3.00. The van der Waals surface area contributed by atoms with Crippen LogP contribution in [0, 0.1) is 12.7 Å². The quantitative estimate of drug-likeness (QED) is 0.510. The van der Waals surface area contributed by atoms with Crippen molar-refractivity contribution in [3.63, 3.8) is 0 Å². The minimum atomic E-state index is -0.310. The van der Waals surface area contributed by atoms with Crippen LogP contribution in [0.5, 0.6) is 11.5 Å². The Balaban J connectivity index is 1.59. The highest BCUT2D eigenvalue weighted by atomic mass is 35.5. The Morgan fingerprint density at radius 2 is 1.93 bits per heavy atom. The largest absolute Gasteiger partial charge is 0.488 e. The molecule has 0 saturated heterocycles. The molecule has 3 aromatic carbocycles. The van der Waals surface area contributed by atoms with Crippen LogP contribution < -0.4 is 9.47 Å². The van der Waals surface area contributed by atoms with Gasteiger partial charge in [-0.1, -0.05) is 41.9 Å². The van der Waals surface area contributed by atoms with E-state index in [4.69, 9.17) is 21.1 Å². The highest BCUT2D eigenvalue weighted by molar-refractivity contribution is 6.32. The first kappa shape index (κ1) is 18.3. The van der Waals surface area contributed by atoms with Gasteiger partial charge in [-0.15, -0.1) is 0 Å². The topological polar surface area (TPSA) is 35.5 Å². The predicted octanol–water partition coefficient (Wildman–Crippen LogP) is 5.98. The second-order valence-corrected chi connectivity index (χ2v) is 6.85. The molecule has 1 heterocycles. The summed E-state index contributed by atoms with van der Waals surface area (Å²) in [6.07, 6.45) is 1.64. The zero-order valence-corrected chi connectivity index (χ0v) is 15.8. The molecular formula is C23H16ClFO3. The van der Waals surface area contributed by atoms with E-state index in [0.29, 0.717) is 33.2 Å². The van der Waals surface area contributed by atoms with Crippen LogP contribution >= 0.6 is 11.6 Å². The summed E-state index contributed by atoms with van der Waals surface area (Å²) in [7, 11) is 0. The van der Waals surface area contributed by atoms with E-state index in [1.54, 1.807) is 36.4 Å². The van der Waals surface area contributed by atoms with Gasteiger partial charge in [0.25, 0.3) is 0 Å². The smallest absolute Gasteiger partial charge is 0.231 e. The SMILES string of the molecule is Cc1c(OCc2cccc(F)c2)ccc2c1O/C(=C\c1ccccc1Cl)C2=O. The predicted molar refractivity (Wildman–Crippen MR) is 106 cm³/mol. The molecule has 0 atom stereocenters. The standard InChI is InChI=1S/C23H16ClFO3/c1-14-20(27-13-15-5-4-7-17(25)11-15)10-9-18-22(26)21(28-23(14)18)12-16-6-2-3-8-19(16)24/h2-12H,13H2,1H3/b21-12-. The van der Waals surface area contributed by atoms with Crippen molar-refractivity contribution in [2.75, 3.05) is 0 Å². The summed E-state index contributed by atoms with van der Waals surface area (Å²) in [6.45, 7) is 2.04. The number of ether oxygens (including phenoxy) is 2. The lowest BCUT2D eigenvalue weighted by Crippen LogP contribution is -1.98. The summed E-state index contributed by atoms with van der Waals surface area (Å²) in [4.78, 5) is 12.7. The van der Waals surface area contributed by atoms with Gasteiger partial charge in [-0.25, -0.2) is 4.39 Å². The number of halogens is 2. The third kappa shape index (κ3) is 3.51. The summed E-state index contributed by atoms with van der Waals surface area (Å²) in [5, 5.41) is 0.540. The monoisotopic (exact) mass is 394 g/mol. The van der Waals surface area contributed by atoms with Crippen molar-refractivity contribution in [3.8, 4) is 11.5 Å². The van der Waals surface area contributed by atoms with E-state index in [9.17, 15) is 9.18 Å². The number of carbonyl (C=O) groups is 1. The van der Waals surface area contributed by atoms with Crippen molar-refractivity contribution in [2.45, 2.75) is 13.5 Å². The normalized spacial score (nSPS) is 14.1.